The van der Waals surface area contributed by atoms with Crippen LogP contribution in [0, 0.1) is 6.92 Å². The Morgan fingerprint density at radius 2 is 2.04 bits per heavy atom. The fourth-order valence-corrected chi connectivity index (χ4v) is 2.63. The molecule has 148 valence electrons. The van der Waals surface area contributed by atoms with Crippen LogP contribution in [0.5, 0.6) is 0 Å². The van der Waals surface area contributed by atoms with Gasteiger partial charge in [0, 0.05) is 45.4 Å². The first-order valence-corrected chi connectivity index (χ1v) is 9.55. The second-order valence-electron chi connectivity index (χ2n) is 6.32. The normalized spacial score (nSPS) is 11.7. The van der Waals surface area contributed by atoms with Gasteiger partial charge in [0.25, 0.3) is 0 Å². The lowest BCUT2D eigenvalue weighted by atomic mass is 10.2. The molecule has 7 nitrogen and oxygen atoms in total. The van der Waals surface area contributed by atoms with Gasteiger partial charge in [0.1, 0.15) is 12.4 Å². The highest BCUT2D eigenvalue weighted by atomic mass is 35.5. The van der Waals surface area contributed by atoms with Crippen LogP contribution in [-0.2, 0) is 24.9 Å². The topological polar surface area (TPSA) is 67.6 Å². The molecule has 2 rings (SSSR count). The highest BCUT2D eigenvalue weighted by Crippen LogP contribution is 2.11. The largest absolute Gasteiger partial charge is 0.382 e. The molecular formula is C19H29ClN6O. The van der Waals surface area contributed by atoms with Crippen LogP contribution in [0.2, 0.25) is 5.02 Å². The molecule has 1 aromatic heterocycles. The van der Waals surface area contributed by atoms with Crippen molar-refractivity contribution in [1.82, 2.24) is 25.0 Å². The number of benzene rings is 1. The van der Waals surface area contributed by atoms with Crippen LogP contribution in [0.25, 0.3) is 0 Å². The van der Waals surface area contributed by atoms with E-state index in [1.807, 2.05) is 56.8 Å². The summed E-state index contributed by atoms with van der Waals surface area (Å²) in [6.07, 6.45) is 0.921. The van der Waals surface area contributed by atoms with E-state index in [4.69, 9.17) is 21.3 Å². The summed E-state index contributed by atoms with van der Waals surface area (Å²) in [5.41, 5.74) is 1.17. The summed E-state index contributed by atoms with van der Waals surface area (Å²) in [7, 11) is 3.97. The highest BCUT2D eigenvalue weighted by Gasteiger charge is 2.09. The fraction of sp³-hybridized carbons (Fsp3) is 0.526. The molecule has 0 spiro atoms. The number of aliphatic imine (C=N–C) groups is 1. The van der Waals surface area contributed by atoms with Crippen molar-refractivity contribution >= 4 is 17.6 Å². The maximum absolute atomic E-state index is 5.98. The van der Waals surface area contributed by atoms with Crippen LogP contribution in [0.3, 0.4) is 0 Å². The van der Waals surface area contributed by atoms with E-state index in [-0.39, 0.29) is 0 Å². The lowest BCUT2D eigenvalue weighted by Gasteiger charge is -2.22. The Kier molecular flexibility index (Phi) is 8.54. The van der Waals surface area contributed by atoms with E-state index < -0.39 is 0 Å². The lowest BCUT2D eigenvalue weighted by Crippen LogP contribution is -2.39. The van der Waals surface area contributed by atoms with Crippen molar-refractivity contribution in [2.24, 2.45) is 12.0 Å². The van der Waals surface area contributed by atoms with Crippen LogP contribution in [0.15, 0.2) is 29.3 Å². The van der Waals surface area contributed by atoms with E-state index in [2.05, 4.69) is 20.4 Å². The van der Waals surface area contributed by atoms with Crippen LogP contribution in [0.1, 0.15) is 30.6 Å². The smallest absolute Gasteiger partial charge is 0.194 e. The molecule has 1 aromatic carbocycles. The zero-order chi connectivity index (χ0) is 19.6. The second kappa shape index (κ2) is 10.9. The molecule has 1 heterocycles. The number of hydrogen-bond donors (Lipinski definition) is 1. The van der Waals surface area contributed by atoms with E-state index in [9.17, 15) is 0 Å². The van der Waals surface area contributed by atoms with Crippen LogP contribution in [0.4, 0.5) is 0 Å². The Balaban J connectivity index is 2.03. The Hall–Kier alpha value is -2.12. The van der Waals surface area contributed by atoms with E-state index in [0.29, 0.717) is 6.54 Å². The van der Waals surface area contributed by atoms with Gasteiger partial charge in [-0.3, -0.25) is 0 Å². The summed E-state index contributed by atoms with van der Waals surface area (Å²) in [5.74, 6) is 2.53. The third-order valence-corrected chi connectivity index (χ3v) is 4.45. The minimum absolute atomic E-state index is 0.468. The molecule has 0 fully saturated rings. The van der Waals surface area contributed by atoms with Gasteiger partial charge in [0.15, 0.2) is 11.8 Å². The summed E-state index contributed by atoms with van der Waals surface area (Å²) < 4.78 is 7.36. The SMILES string of the molecule is CCOCCCNC(=NCc1nnc(C)n1C)N(C)Cc1ccc(Cl)cc1. The van der Waals surface area contributed by atoms with Crippen molar-refractivity contribution < 1.29 is 4.74 Å². The van der Waals surface area contributed by atoms with Gasteiger partial charge < -0.3 is 19.5 Å². The van der Waals surface area contributed by atoms with Crippen molar-refractivity contribution in [2.75, 3.05) is 26.8 Å². The van der Waals surface area contributed by atoms with Gasteiger partial charge in [-0.2, -0.15) is 0 Å². The van der Waals surface area contributed by atoms with Crippen LogP contribution >= 0.6 is 11.6 Å². The van der Waals surface area contributed by atoms with E-state index in [1.54, 1.807) is 0 Å². The van der Waals surface area contributed by atoms with Crippen LogP contribution < -0.4 is 5.32 Å². The number of rotatable bonds is 9. The number of aryl methyl sites for hydroxylation is 1. The molecule has 0 aliphatic carbocycles. The van der Waals surface area contributed by atoms with Gasteiger partial charge in [-0.25, -0.2) is 4.99 Å². The maximum Gasteiger partial charge on any atom is 0.194 e. The Morgan fingerprint density at radius 1 is 1.30 bits per heavy atom. The quantitative estimate of drug-likeness (QED) is 0.403. The minimum atomic E-state index is 0.468. The maximum atomic E-state index is 5.98. The van der Waals surface area contributed by atoms with Gasteiger partial charge in [-0.1, -0.05) is 23.7 Å². The number of ether oxygens (including phenoxy) is 1. The third-order valence-electron chi connectivity index (χ3n) is 4.20. The van der Waals surface area contributed by atoms with E-state index >= 15 is 0 Å². The van der Waals surface area contributed by atoms with E-state index in [1.165, 1.54) is 5.56 Å². The predicted molar refractivity (Wildman–Crippen MR) is 109 cm³/mol. The lowest BCUT2D eigenvalue weighted by molar-refractivity contribution is 0.145. The highest BCUT2D eigenvalue weighted by molar-refractivity contribution is 6.30. The van der Waals surface area contributed by atoms with Gasteiger partial charge >= 0.3 is 0 Å². The van der Waals surface area contributed by atoms with Gasteiger partial charge in [0.05, 0.1) is 0 Å². The Bertz CT molecular complexity index is 728. The zero-order valence-corrected chi connectivity index (χ0v) is 17.3. The third kappa shape index (κ3) is 6.84. The minimum Gasteiger partial charge on any atom is -0.382 e. The first kappa shape index (κ1) is 21.2. The predicted octanol–water partition coefficient (Wildman–Crippen LogP) is 2.78. The molecular weight excluding hydrogens is 364 g/mol. The molecule has 0 radical (unpaired) electrons. The molecule has 0 saturated heterocycles. The molecule has 27 heavy (non-hydrogen) atoms. The summed E-state index contributed by atoms with van der Waals surface area (Å²) in [6.45, 7) is 7.40. The number of halogens is 1. The molecule has 0 aliphatic rings. The Morgan fingerprint density at radius 3 is 2.67 bits per heavy atom. The molecule has 0 saturated carbocycles. The molecule has 0 unspecified atom stereocenters. The fourth-order valence-electron chi connectivity index (χ4n) is 2.50. The number of hydrogen-bond acceptors (Lipinski definition) is 4. The first-order chi connectivity index (χ1) is 13.0. The molecule has 8 heteroatoms. The van der Waals surface area contributed by atoms with Crippen molar-refractivity contribution in [3.8, 4) is 0 Å². The molecule has 0 amide bonds. The number of nitrogens with zero attached hydrogens (tertiary/aromatic N) is 5. The van der Waals surface area contributed by atoms with Crippen molar-refractivity contribution in [1.29, 1.82) is 0 Å². The summed E-state index contributed by atoms with van der Waals surface area (Å²) in [4.78, 5) is 6.83. The van der Waals surface area contributed by atoms with Crippen molar-refractivity contribution in [2.45, 2.75) is 33.4 Å². The molecule has 0 atom stereocenters. The van der Waals surface area contributed by atoms with Crippen LogP contribution in [-0.4, -0.2) is 52.4 Å². The summed E-state index contributed by atoms with van der Waals surface area (Å²) in [5, 5.41) is 12.4. The van der Waals surface area contributed by atoms with E-state index in [0.717, 1.165) is 55.4 Å². The summed E-state index contributed by atoms with van der Waals surface area (Å²) >= 11 is 5.98. The van der Waals surface area contributed by atoms with Gasteiger partial charge in [0.2, 0.25) is 0 Å². The molecule has 2 aromatic rings. The summed E-state index contributed by atoms with van der Waals surface area (Å²) in [6, 6.07) is 7.86. The standard InChI is InChI=1S/C19H29ClN6O/c1-5-27-12-6-11-21-19(22-13-18-24-23-15(2)26(18)4)25(3)14-16-7-9-17(20)10-8-16/h7-10H,5-6,11-14H2,1-4H3,(H,21,22). The Labute approximate surface area is 166 Å². The molecule has 1 N–H and O–H groups in total. The second-order valence-corrected chi connectivity index (χ2v) is 6.76. The number of aromatic nitrogens is 3. The molecule has 0 aliphatic heterocycles. The average Bonchev–Trinajstić information content (AvgIpc) is 2.97. The van der Waals surface area contributed by atoms with Gasteiger partial charge in [-0.15, -0.1) is 10.2 Å². The van der Waals surface area contributed by atoms with Gasteiger partial charge in [-0.05, 0) is 38.0 Å². The van der Waals surface area contributed by atoms with Crippen molar-refractivity contribution in [3.63, 3.8) is 0 Å². The zero-order valence-electron chi connectivity index (χ0n) is 16.6. The first-order valence-electron chi connectivity index (χ1n) is 9.17. The number of guanidine groups is 1. The van der Waals surface area contributed by atoms with Crippen molar-refractivity contribution in [3.05, 3.63) is 46.5 Å². The monoisotopic (exact) mass is 392 g/mol. The average molecular weight is 393 g/mol. The number of nitrogens with one attached hydrogen (secondary N) is 1. The molecule has 0 bridgehead atoms.